The maximum Gasteiger partial charge on any atom is -0.0149 e. The van der Waals surface area contributed by atoms with Crippen molar-refractivity contribution in [2.75, 3.05) is 0 Å². The average Bonchev–Trinajstić information content (AvgIpc) is 2.82. The molecule has 1 aromatic carbocycles. The van der Waals surface area contributed by atoms with Gasteiger partial charge < -0.3 is 30.5 Å². The van der Waals surface area contributed by atoms with Crippen LogP contribution in [0.2, 0.25) is 31.4 Å². The van der Waals surface area contributed by atoms with Gasteiger partial charge in [0.2, 0.25) is 5.91 Å². The SMILES string of the molecule is NC(=O)c1ccccc1.[CH3][Ti+2]([CH3])([CH3])([CH3])([CH3])([CH3])[C]1=CC=CC1.[Cl-].[Cl-].[SiH4]. The van der Waals surface area contributed by atoms with Crippen LogP contribution in [-0.2, 0) is 12.7 Å². The van der Waals surface area contributed by atoms with Crippen LogP contribution in [0.3, 0.4) is 0 Å². The third-order valence-electron chi connectivity index (χ3n) is 3.76. The van der Waals surface area contributed by atoms with Crippen molar-refractivity contribution in [2.24, 2.45) is 5.73 Å². The van der Waals surface area contributed by atoms with E-state index in [-0.39, 0.29) is 41.7 Å². The Morgan fingerprint density at radius 3 is 1.62 bits per heavy atom. The van der Waals surface area contributed by atoms with E-state index in [2.05, 4.69) is 49.6 Å². The number of halogens is 2. The molecule has 1 aliphatic carbocycles. The molecule has 1 aromatic rings. The second-order valence-corrected chi connectivity index (χ2v) is 41.2. The largest absolute Gasteiger partial charge is 1.00 e. The number of rotatable bonds is 2. The van der Waals surface area contributed by atoms with E-state index < -0.39 is 12.7 Å². The fourth-order valence-electron chi connectivity index (χ4n) is 2.16. The second-order valence-electron chi connectivity index (χ2n) is 12.1. The van der Waals surface area contributed by atoms with Gasteiger partial charge >= 0.3 is 72.6 Å². The van der Waals surface area contributed by atoms with Gasteiger partial charge in [0.1, 0.15) is 0 Å². The van der Waals surface area contributed by atoms with Crippen LogP contribution in [0, 0.1) is 0 Å². The molecule has 6 heteroatoms. The van der Waals surface area contributed by atoms with Gasteiger partial charge in [-0.25, -0.2) is 0 Å². The molecule has 0 aliphatic heterocycles. The number of benzene rings is 1. The summed E-state index contributed by atoms with van der Waals surface area (Å²) in [5.74, 6) is -0.379. The average molecular weight is 427 g/mol. The smallest absolute Gasteiger partial charge is 0.0149 e. The predicted molar refractivity (Wildman–Crippen MR) is 103 cm³/mol. The molecule has 2 nitrogen and oxygen atoms in total. The Labute approximate surface area is 160 Å². The van der Waals surface area contributed by atoms with Gasteiger partial charge in [-0.2, -0.15) is 0 Å². The Morgan fingerprint density at radius 2 is 1.42 bits per heavy atom. The number of amides is 1. The minimum atomic E-state index is -3.17. The van der Waals surface area contributed by atoms with Gasteiger partial charge in [-0.1, -0.05) is 18.2 Å². The molecule has 24 heavy (non-hydrogen) atoms. The van der Waals surface area contributed by atoms with Crippen LogP contribution in [0.4, 0.5) is 0 Å². The number of hydrogen-bond acceptors (Lipinski definition) is 1. The molecule has 0 unspecified atom stereocenters. The van der Waals surface area contributed by atoms with E-state index in [1.54, 1.807) is 28.1 Å². The molecule has 0 bridgehead atoms. The number of carbonyl (C=O) groups excluding carboxylic acids is 1. The van der Waals surface area contributed by atoms with E-state index in [9.17, 15) is 4.79 Å². The summed E-state index contributed by atoms with van der Waals surface area (Å²) in [6.45, 7) is 0. The van der Waals surface area contributed by atoms with E-state index >= 15 is 0 Å². The van der Waals surface area contributed by atoms with Crippen molar-refractivity contribution in [3.63, 3.8) is 0 Å². The molecule has 0 atom stereocenters. The number of primary amides is 1. The van der Waals surface area contributed by atoms with Crippen LogP contribution in [0.25, 0.3) is 0 Å². The Hall–Kier alpha value is -0.319. The summed E-state index contributed by atoms with van der Waals surface area (Å²) < 4.78 is 1.67. The minimum Gasteiger partial charge on any atom is -1.00 e. The molecule has 2 N–H and O–H groups in total. The van der Waals surface area contributed by atoms with E-state index in [1.165, 1.54) is 6.42 Å². The molecular formula is C18H34Cl2NOSiTi. The summed E-state index contributed by atoms with van der Waals surface area (Å²) in [4.78, 5) is 10.4. The van der Waals surface area contributed by atoms with Crippen LogP contribution in [0.15, 0.2) is 52.4 Å². The quantitative estimate of drug-likeness (QED) is 0.558. The standard InChI is InChI=1S/C7H7NO.C5H5.6CH3.2ClH.H4Si.Ti/c8-7(9)6-4-2-1-3-5-6;1-2-4-5-3-1;;;;;;;;;;/h1-5H,(H2,8,9);1-3H,4H2;6*1H3;2*1H;1H4;/q;;;;;;;;;;;+2/p-2. The Balaban J connectivity index is -0.000000336. The van der Waals surface area contributed by atoms with E-state index in [4.69, 9.17) is 5.73 Å². The molecule has 0 aromatic heterocycles. The summed E-state index contributed by atoms with van der Waals surface area (Å²) in [5.41, 5.74) is 5.53. The van der Waals surface area contributed by atoms with Crippen molar-refractivity contribution in [2.45, 2.75) is 37.8 Å². The first-order valence-corrected chi connectivity index (χ1v) is 17.8. The monoisotopic (exact) mass is 426 g/mol. The topological polar surface area (TPSA) is 43.1 Å². The molecule has 0 saturated carbocycles. The summed E-state index contributed by atoms with van der Waals surface area (Å²) in [5, 5.41) is 15.0. The van der Waals surface area contributed by atoms with Crippen molar-refractivity contribution in [1.82, 2.24) is 0 Å². The van der Waals surface area contributed by atoms with Gasteiger partial charge in [-0.3, -0.25) is 4.79 Å². The molecule has 1 amide bonds. The molecule has 1 aliphatic rings. The first kappa shape index (κ1) is 28.5. The molecule has 0 heterocycles. The second kappa shape index (κ2) is 7.13. The molecule has 0 radical (unpaired) electrons. The summed E-state index contributed by atoms with van der Waals surface area (Å²) in [7, 11) is 0. The third-order valence-corrected chi connectivity index (χ3v) is 10.4. The summed E-state index contributed by atoms with van der Waals surface area (Å²) in [6, 6.07) is 8.76. The normalized spacial score (nSPS) is 16.8. The maximum absolute atomic E-state index is 10.4. The molecule has 2 rings (SSSR count). The van der Waals surface area contributed by atoms with Gasteiger partial charge in [0.25, 0.3) is 0 Å². The fraction of sp³-hybridized carbons (Fsp3) is 0.389. The Kier molecular flexibility index (Phi) is 8.46. The molecular weight excluding hydrogens is 393 g/mol. The number of carbonyl (C=O) groups is 1. The molecule has 0 fully saturated rings. The van der Waals surface area contributed by atoms with E-state index in [0.29, 0.717) is 5.56 Å². The maximum atomic E-state index is 10.4. The third kappa shape index (κ3) is 9.85. The number of allylic oxidation sites excluding steroid dienone is 4. The van der Waals surface area contributed by atoms with Crippen LogP contribution in [-0.4, -0.2) is 16.9 Å². The number of hydrogen-bond donors (Lipinski definition) is 1. The van der Waals surface area contributed by atoms with E-state index in [1.807, 2.05) is 6.07 Å². The fourth-order valence-corrected chi connectivity index (χ4v) is 5.97. The van der Waals surface area contributed by atoms with Crippen molar-refractivity contribution >= 4 is 16.9 Å². The van der Waals surface area contributed by atoms with Crippen molar-refractivity contribution in [3.05, 3.63) is 58.0 Å². The first-order valence-electron chi connectivity index (χ1n) is 7.62. The van der Waals surface area contributed by atoms with Crippen LogP contribution in [0.5, 0.6) is 0 Å². The van der Waals surface area contributed by atoms with Gasteiger partial charge in [-0.15, -0.1) is 0 Å². The Bertz CT molecular complexity index is 621. The molecule has 0 saturated heterocycles. The van der Waals surface area contributed by atoms with Crippen molar-refractivity contribution in [3.8, 4) is 0 Å². The van der Waals surface area contributed by atoms with Crippen molar-refractivity contribution in [1.29, 1.82) is 0 Å². The van der Waals surface area contributed by atoms with Gasteiger partial charge in [-0.05, 0) is 23.1 Å². The first-order chi connectivity index (χ1) is 9.11. The van der Waals surface area contributed by atoms with Crippen LogP contribution >= 0.6 is 0 Å². The zero-order valence-electron chi connectivity index (χ0n) is 15.1. The van der Waals surface area contributed by atoms with Crippen LogP contribution < -0.4 is 30.5 Å². The van der Waals surface area contributed by atoms with Crippen molar-refractivity contribution < 1.29 is 42.4 Å². The summed E-state index contributed by atoms with van der Waals surface area (Å²) >= 11 is -3.17. The van der Waals surface area contributed by atoms with E-state index in [0.717, 1.165) is 0 Å². The van der Waals surface area contributed by atoms with Gasteiger partial charge in [0.15, 0.2) is 0 Å². The zero-order chi connectivity index (χ0) is 16.5. The predicted octanol–water partition coefficient (Wildman–Crippen LogP) is -1.78. The summed E-state index contributed by atoms with van der Waals surface area (Å²) in [6.07, 6.45) is 7.97. The van der Waals surface area contributed by atoms with Gasteiger partial charge in [0.05, 0.1) is 0 Å². The van der Waals surface area contributed by atoms with Gasteiger partial charge in [0, 0.05) is 5.56 Å². The van der Waals surface area contributed by atoms with Crippen LogP contribution in [0.1, 0.15) is 16.8 Å². The Morgan fingerprint density at radius 1 is 0.958 bits per heavy atom. The molecule has 139 valence electrons. The molecule has 0 spiro atoms. The minimum absolute atomic E-state index is 0. The zero-order valence-corrected chi connectivity index (χ0v) is 18.1. The number of nitrogens with two attached hydrogens (primary N) is 1.